The molecule has 1 aromatic carbocycles. The van der Waals surface area contributed by atoms with Crippen molar-refractivity contribution in [1.29, 1.82) is 0 Å². The fraction of sp³-hybridized carbons (Fsp3) is 0.350. The molecule has 0 aliphatic carbocycles. The molecule has 0 aliphatic rings. The second-order valence-electron chi connectivity index (χ2n) is 6.45. The molecule has 0 fully saturated rings. The topological polar surface area (TPSA) is 64.0 Å². The standard InChI is InChI=1S/C20H23N3O2S2/c1-13-14(2)27-18-17(13)19(25)23(3)20(22-18)26-12-16(24)21-11-7-10-15-8-5-4-6-9-15/h4-6,8-9H,7,10-12H2,1-3H3,(H,21,24). The first-order chi connectivity index (χ1) is 13.0. The van der Waals surface area contributed by atoms with Crippen LogP contribution in [0.2, 0.25) is 0 Å². The molecule has 5 nitrogen and oxygen atoms in total. The van der Waals surface area contributed by atoms with Gasteiger partial charge in [-0.3, -0.25) is 14.2 Å². The van der Waals surface area contributed by atoms with Crippen molar-refractivity contribution < 1.29 is 4.79 Å². The minimum Gasteiger partial charge on any atom is -0.355 e. The fourth-order valence-electron chi connectivity index (χ4n) is 2.83. The van der Waals surface area contributed by atoms with E-state index in [1.54, 1.807) is 7.05 Å². The van der Waals surface area contributed by atoms with E-state index in [9.17, 15) is 9.59 Å². The van der Waals surface area contributed by atoms with Gasteiger partial charge in [-0.15, -0.1) is 11.3 Å². The van der Waals surface area contributed by atoms with Crippen LogP contribution in [0, 0.1) is 13.8 Å². The third kappa shape index (κ3) is 4.59. The first kappa shape index (κ1) is 19.6. The highest BCUT2D eigenvalue weighted by molar-refractivity contribution is 7.99. The number of nitrogens with one attached hydrogen (secondary N) is 1. The summed E-state index contributed by atoms with van der Waals surface area (Å²) in [6.07, 6.45) is 1.84. The van der Waals surface area contributed by atoms with Gasteiger partial charge in [0.1, 0.15) is 4.83 Å². The Hall–Kier alpha value is -2.12. The maximum Gasteiger partial charge on any atom is 0.262 e. The molecule has 1 amide bonds. The van der Waals surface area contributed by atoms with Crippen molar-refractivity contribution in [2.24, 2.45) is 7.05 Å². The summed E-state index contributed by atoms with van der Waals surface area (Å²) in [6, 6.07) is 10.2. The molecule has 0 atom stereocenters. The van der Waals surface area contributed by atoms with Crippen LogP contribution in [0.25, 0.3) is 10.2 Å². The van der Waals surface area contributed by atoms with Gasteiger partial charge in [0.25, 0.3) is 5.56 Å². The Bertz CT molecular complexity index is 1010. The Morgan fingerprint density at radius 1 is 1.26 bits per heavy atom. The van der Waals surface area contributed by atoms with Crippen LogP contribution in [-0.2, 0) is 18.3 Å². The van der Waals surface area contributed by atoms with Crippen molar-refractivity contribution in [3.63, 3.8) is 0 Å². The first-order valence-corrected chi connectivity index (χ1v) is 10.7. The molecule has 0 saturated carbocycles. The van der Waals surface area contributed by atoms with E-state index in [1.807, 2.05) is 32.0 Å². The molecule has 2 aromatic heterocycles. The average Bonchev–Trinajstić information content (AvgIpc) is 2.95. The number of nitrogens with zero attached hydrogens (tertiary/aromatic N) is 2. The molecular weight excluding hydrogens is 378 g/mol. The number of aromatic nitrogens is 2. The molecule has 3 aromatic rings. The number of aryl methyl sites for hydroxylation is 3. The van der Waals surface area contributed by atoms with E-state index in [2.05, 4.69) is 22.4 Å². The summed E-state index contributed by atoms with van der Waals surface area (Å²) in [4.78, 5) is 31.1. The Morgan fingerprint density at radius 3 is 2.74 bits per heavy atom. The summed E-state index contributed by atoms with van der Waals surface area (Å²) in [7, 11) is 1.71. The van der Waals surface area contributed by atoms with Crippen LogP contribution in [0.4, 0.5) is 0 Å². The van der Waals surface area contributed by atoms with E-state index in [0.717, 1.165) is 28.1 Å². The predicted molar refractivity (Wildman–Crippen MR) is 113 cm³/mol. The van der Waals surface area contributed by atoms with E-state index in [-0.39, 0.29) is 17.2 Å². The molecule has 2 heterocycles. The Balaban J connectivity index is 1.54. The highest BCUT2D eigenvalue weighted by atomic mass is 32.2. The van der Waals surface area contributed by atoms with E-state index < -0.39 is 0 Å². The number of benzene rings is 1. The van der Waals surface area contributed by atoms with Crippen LogP contribution in [0.3, 0.4) is 0 Å². The number of thiophene rings is 1. The minimum absolute atomic E-state index is 0.0408. The highest BCUT2D eigenvalue weighted by Crippen LogP contribution is 2.27. The van der Waals surface area contributed by atoms with Gasteiger partial charge >= 0.3 is 0 Å². The van der Waals surface area contributed by atoms with Gasteiger partial charge in [-0.2, -0.15) is 0 Å². The van der Waals surface area contributed by atoms with Gasteiger partial charge in [0, 0.05) is 18.5 Å². The van der Waals surface area contributed by atoms with Crippen molar-refractivity contribution in [2.75, 3.05) is 12.3 Å². The molecule has 27 heavy (non-hydrogen) atoms. The second-order valence-corrected chi connectivity index (χ2v) is 8.60. The summed E-state index contributed by atoms with van der Waals surface area (Å²) in [5.41, 5.74) is 2.22. The maximum atomic E-state index is 12.6. The number of thioether (sulfide) groups is 1. The third-order valence-electron chi connectivity index (χ3n) is 4.51. The molecule has 7 heteroatoms. The SMILES string of the molecule is Cc1sc2nc(SCC(=O)NCCCc3ccccc3)n(C)c(=O)c2c1C. The summed E-state index contributed by atoms with van der Waals surface area (Å²) in [6.45, 7) is 4.59. The van der Waals surface area contributed by atoms with Gasteiger partial charge in [0.05, 0.1) is 11.1 Å². The molecule has 0 spiro atoms. The Labute approximate surface area is 166 Å². The predicted octanol–water partition coefficient (Wildman–Crippen LogP) is 3.45. The number of carbonyl (C=O) groups is 1. The molecule has 1 N–H and O–H groups in total. The first-order valence-electron chi connectivity index (χ1n) is 8.87. The normalized spacial score (nSPS) is 11.1. The monoisotopic (exact) mass is 401 g/mol. The van der Waals surface area contributed by atoms with Gasteiger partial charge in [0.15, 0.2) is 5.16 Å². The van der Waals surface area contributed by atoms with Crippen molar-refractivity contribution in [3.05, 3.63) is 56.7 Å². The van der Waals surface area contributed by atoms with E-state index in [4.69, 9.17) is 0 Å². The summed E-state index contributed by atoms with van der Waals surface area (Å²) < 4.78 is 1.54. The smallest absolute Gasteiger partial charge is 0.262 e. The van der Waals surface area contributed by atoms with E-state index in [0.29, 0.717) is 17.1 Å². The number of hydrogen-bond donors (Lipinski definition) is 1. The van der Waals surface area contributed by atoms with Crippen LogP contribution < -0.4 is 10.9 Å². The van der Waals surface area contributed by atoms with Crippen LogP contribution in [-0.4, -0.2) is 27.8 Å². The van der Waals surface area contributed by atoms with Crippen LogP contribution >= 0.6 is 23.1 Å². The van der Waals surface area contributed by atoms with Crippen molar-refractivity contribution in [1.82, 2.24) is 14.9 Å². The second kappa shape index (κ2) is 8.71. The van der Waals surface area contributed by atoms with Gasteiger partial charge in [0.2, 0.25) is 5.91 Å². The molecule has 142 valence electrons. The van der Waals surface area contributed by atoms with Crippen LogP contribution in [0.15, 0.2) is 40.3 Å². The summed E-state index contributed by atoms with van der Waals surface area (Å²) >= 11 is 2.83. The maximum absolute atomic E-state index is 12.6. The third-order valence-corrected chi connectivity index (χ3v) is 6.64. The lowest BCUT2D eigenvalue weighted by molar-refractivity contribution is -0.118. The Morgan fingerprint density at radius 2 is 2.00 bits per heavy atom. The minimum atomic E-state index is -0.0485. The van der Waals surface area contributed by atoms with Crippen LogP contribution in [0.5, 0.6) is 0 Å². The van der Waals surface area contributed by atoms with E-state index >= 15 is 0 Å². The largest absolute Gasteiger partial charge is 0.355 e. The van der Waals surface area contributed by atoms with Crippen molar-refractivity contribution in [3.8, 4) is 0 Å². The van der Waals surface area contributed by atoms with Gasteiger partial charge < -0.3 is 5.32 Å². The molecule has 0 radical (unpaired) electrons. The lowest BCUT2D eigenvalue weighted by Crippen LogP contribution is -2.27. The molecule has 0 bridgehead atoms. The molecule has 3 rings (SSSR count). The van der Waals surface area contributed by atoms with Gasteiger partial charge in [-0.1, -0.05) is 42.1 Å². The Kier molecular flexibility index (Phi) is 6.34. The van der Waals surface area contributed by atoms with E-state index in [1.165, 1.54) is 33.2 Å². The van der Waals surface area contributed by atoms with Gasteiger partial charge in [-0.25, -0.2) is 4.98 Å². The van der Waals surface area contributed by atoms with Crippen LogP contribution in [0.1, 0.15) is 22.4 Å². The number of carbonyl (C=O) groups excluding carboxylic acids is 1. The fourth-order valence-corrected chi connectivity index (χ4v) is 4.70. The molecule has 0 saturated heterocycles. The zero-order valence-electron chi connectivity index (χ0n) is 15.7. The van der Waals surface area contributed by atoms with Gasteiger partial charge in [-0.05, 0) is 37.8 Å². The zero-order valence-corrected chi connectivity index (χ0v) is 17.4. The average molecular weight is 402 g/mol. The van der Waals surface area contributed by atoms with Crippen molar-refractivity contribution in [2.45, 2.75) is 31.8 Å². The number of fused-ring (bicyclic) bond motifs is 1. The van der Waals surface area contributed by atoms with Crippen molar-refractivity contribution >= 4 is 39.2 Å². The highest BCUT2D eigenvalue weighted by Gasteiger charge is 2.15. The molecular formula is C20H23N3O2S2. The molecule has 0 unspecified atom stereocenters. The quantitative estimate of drug-likeness (QED) is 0.374. The number of hydrogen-bond acceptors (Lipinski definition) is 5. The lowest BCUT2D eigenvalue weighted by Gasteiger charge is -2.08. The summed E-state index contributed by atoms with van der Waals surface area (Å²) in [5, 5.41) is 4.20. The molecule has 0 aliphatic heterocycles. The number of amides is 1. The lowest BCUT2D eigenvalue weighted by atomic mass is 10.1. The summed E-state index contributed by atoms with van der Waals surface area (Å²) in [5.74, 6) is 0.210. The number of rotatable bonds is 7. The zero-order chi connectivity index (χ0) is 19.4.